The van der Waals surface area contributed by atoms with Gasteiger partial charge in [-0.05, 0) is 32.0 Å². The monoisotopic (exact) mass is 486 g/mol. The summed E-state index contributed by atoms with van der Waals surface area (Å²) in [7, 11) is 3.22. The van der Waals surface area contributed by atoms with E-state index in [9.17, 15) is 0 Å². The highest BCUT2D eigenvalue weighted by atomic mass is 127. The highest BCUT2D eigenvalue weighted by Crippen LogP contribution is 2.30. The van der Waals surface area contributed by atoms with Crippen LogP contribution in [0.1, 0.15) is 19.5 Å². The second-order valence-electron chi connectivity index (χ2n) is 5.29. The van der Waals surface area contributed by atoms with Crippen LogP contribution in [-0.4, -0.2) is 38.3 Å². The molecule has 2 N–H and O–H groups in total. The lowest BCUT2D eigenvalue weighted by atomic mass is 10.2. The van der Waals surface area contributed by atoms with Gasteiger partial charge in [0, 0.05) is 24.4 Å². The van der Waals surface area contributed by atoms with E-state index >= 15 is 0 Å². The van der Waals surface area contributed by atoms with Crippen molar-refractivity contribution >= 4 is 35.6 Å². The maximum atomic E-state index is 5.54. The van der Waals surface area contributed by atoms with Crippen molar-refractivity contribution in [2.45, 2.75) is 20.4 Å². The van der Waals surface area contributed by atoms with Crippen LogP contribution in [0.15, 0.2) is 41.4 Å². The molecule has 0 radical (unpaired) electrons. The van der Waals surface area contributed by atoms with Crippen molar-refractivity contribution < 1.29 is 14.2 Å². The number of nitrogens with zero attached hydrogens (tertiary/aromatic N) is 2. The van der Waals surface area contributed by atoms with Gasteiger partial charge in [0.2, 0.25) is 5.88 Å². The van der Waals surface area contributed by atoms with Crippen molar-refractivity contribution in [2.24, 2.45) is 4.99 Å². The van der Waals surface area contributed by atoms with Gasteiger partial charge in [-0.3, -0.25) is 0 Å². The van der Waals surface area contributed by atoms with Crippen LogP contribution in [0.4, 0.5) is 5.69 Å². The molecule has 27 heavy (non-hydrogen) atoms. The number of guanidine groups is 1. The van der Waals surface area contributed by atoms with Crippen LogP contribution in [0, 0.1) is 0 Å². The first-order valence-electron chi connectivity index (χ1n) is 8.56. The molecular formula is C19H27IN4O3. The molecule has 0 spiro atoms. The normalized spacial score (nSPS) is 10.6. The number of aromatic nitrogens is 1. The van der Waals surface area contributed by atoms with Gasteiger partial charge >= 0.3 is 0 Å². The maximum Gasteiger partial charge on any atom is 0.213 e. The number of ether oxygens (including phenoxy) is 3. The minimum absolute atomic E-state index is 0. The van der Waals surface area contributed by atoms with Crippen LogP contribution in [0.25, 0.3) is 0 Å². The molecule has 0 amide bonds. The van der Waals surface area contributed by atoms with Crippen molar-refractivity contribution in [1.82, 2.24) is 10.3 Å². The Bertz CT molecular complexity index is 741. The molecule has 0 fully saturated rings. The second kappa shape index (κ2) is 12.2. The van der Waals surface area contributed by atoms with E-state index in [1.54, 1.807) is 14.2 Å². The summed E-state index contributed by atoms with van der Waals surface area (Å²) >= 11 is 0. The number of anilines is 1. The largest absolute Gasteiger partial charge is 0.493 e. The van der Waals surface area contributed by atoms with E-state index in [0.29, 0.717) is 36.5 Å². The molecule has 8 heteroatoms. The third-order valence-corrected chi connectivity index (χ3v) is 3.46. The Balaban J connectivity index is 0.00000364. The van der Waals surface area contributed by atoms with E-state index in [1.165, 1.54) is 0 Å². The first-order valence-corrected chi connectivity index (χ1v) is 8.56. The Morgan fingerprint density at radius 2 is 1.89 bits per heavy atom. The van der Waals surface area contributed by atoms with E-state index in [1.807, 2.05) is 50.2 Å². The lowest BCUT2D eigenvalue weighted by molar-refractivity contribution is 0.311. The predicted octanol–water partition coefficient (Wildman–Crippen LogP) is 3.69. The molecule has 0 saturated carbocycles. The number of nitrogens with one attached hydrogen (secondary N) is 2. The first kappa shape index (κ1) is 22.8. The summed E-state index contributed by atoms with van der Waals surface area (Å²) in [6.07, 6.45) is 0. The van der Waals surface area contributed by atoms with E-state index in [-0.39, 0.29) is 24.0 Å². The van der Waals surface area contributed by atoms with Crippen molar-refractivity contribution in [3.05, 3.63) is 42.1 Å². The summed E-state index contributed by atoms with van der Waals surface area (Å²) in [5.74, 6) is 2.61. The fourth-order valence-corrected chi connectivity index (χ4v) is 2.28. The Hall–Kier alpha value is -2.23. The van der Waals surface area contributed by atoms with Gasteiger partial charge in [-0.15, -0.1) is 24.0 Å². The molecule has 0 aliphatic heterocycles. The quantitative estimate of drug-likeness (QED) is 0.337. The highest BCUT2D eigenvalue weighted by Gasteiger charge is 2.07. The van der Waals surface area contributed by atoms with Crippen molar-refractivity contribution in [3.63, 3.8) is 0 Å². The zero-order chi connectivity index (χ0) is 18.8. The van der Waals surface area contributed by atoms with Gasteiger partial charge in [-0.25, -0.2) is 9.98 Å². The SMILES string of the molecule is CCNC(=NCc1cccc(OC)n1)Nc1ccc(OCC)c(OC)c1.I. The molecule has 7 nitrogen and oxygen atoms in total. The minimum Gasteiger partial charge on any atom is -0.493 e. The second-order valence-corrected chi connectivity index (χ2v) is 5.29. The van der Waals surface area contributed by atoms with E-state index in [4.69, 9.17) is 14.2 Å². The fraction of sp³-hybridized carbons (Fsp3) is 0.368. The van der Waals surface area contributed by atoms with E-state index in [0.717, 1.165) is 17.9 Å². The molecule has 1 aromatic carbocycles. The van der Waals surface area contributed by atoms with Gasteiger partial charge in [0.25, 0.3) is 0 Å². The lowest BCUT2D eigenvalue weighted by Gasteiger charge is -2.14. The zero-order valence-corrected chi connectivity index (χ0v) is 18.4. The number of hydrogen-bond donors (Lipinski definition) is 2. The van der Waals surface area contributed by atoms with Gasteiger partial charge in [-0.2, -0.15) is 0 Å². The van der Waals surface area contributed by atoms with Gasteiger partial charge in [0.1, 0.15) is 0 Å². The molecule has 0 unspecified atom stereocenters. The number of pyridine rings is 1. The molecule has 2 aromatic rings. The van der Waals surface area contributed by atoms with Crippen LogP contribution < -0.4 is 24.8 Å². The van der Waals surface area contributed by atoms with Crippen LogP contribution >= 0.6 is 24.0 Å². The molecule has 1 heterocycles. The molecule has 0 atom stereocenters. The number of rotatable bonds is 8. The third-order valence-electron chi connectivity index (χ3n) is 3.46. The van der Waals surface area contributed by atoms with Gasteiger partial charge < -0.3 is 24.8 Å². The first-order chi connectivity index (χ1) is 12.7. The van der Waals surface area contributed by atoms with Crippen LogP contribution in [0.5, 0.6) is 17.4 Å². The molecule has 148 valence electrons. The van der Waals surface area contributed by atoms with E-state index < -0.39 is 0 Å². The summed E-state index contributed by atoms with van der Waals surface area (Å²) < 4.78 is 16.1. The van der Waals surface area contributed by atoms with Gasteiger partial charge in [0.05, 0.1) is 33.1 Å². The Kier molecular flexibility index (Phi) is 10.3. The number of methoxy groups -OCH3 is 2. The summed E-state index contributed by atoms with van der Waals surface area (Å²) in [4.78, 5) is 8.94. The number of hydrogen-bond acceptors (Lipinski definition) is 5. The molecule has 0 bridgehead atoms. The average Bonchev–Trinajstić information content (AvgIpc) is 2.67. The van der Waals surface area contributed by atoms with Crippen molar-refractivity contribution in [1.29, 1.82) is 0 Å². The van der Waals surface area contributed by atoms with Crippen molar-refractivity contribution in [2.75, 3.05) is 32.7 Å². The lowest BCUT2D eigenvalue weighted by Crippen LogP contribution is -2.30. The van der Waals surface area contributed by atoms with E-state index in [2.05, 4.69) is 20.6 Å². The Labute approximate surface area is 177 Å². The minimum atomic E-state index is 0. The number of benzene rings is 1. The smallest absolute Gasteiger partial charge is 0.213 e. The molecular weight excluding hydrogens is 459 g/mol. The third kappa shape index (κ3) is 7.12. The molecule has 2 rings (SSSR count). The Morgan fingerprint density at radius 3 is 2.56 bits per heavy atom. The molecule has 0 aliphatic carbocycles. The zero-order valence-electron chi connectivity index (χ0n) is 16.1. The topological polar surface area (TPSA) is 77.0 Å². The summed E-state index contributed by atoms with van der Waals surface area (Å²) in [6.45, 7) is 5.71. The van der Waals surface area contributed by atoms with Crippen LogP contribution in [0.3, 0.4) is 0 Å². The van der Waals surface area contributed by atoms with Crippen molar-refractivity contribution in [3.8, 4) is 17.4 Å². The number of aliphatic imine (C=N–C) groups is 1. The average molecular weight is 486 g/mol. The molecule has 0 aliphatic rings. The predicted molar refractivity (Wildman–Crippen MR) is 119 cm³/mol. The van der Waals surface area contributed by atoms with Crippen LogP contribution in [-0.2, 0) is 6.54 Å². The van der Waals surface area contributed by atoms with Crippen LogP contribution in [0.2, 0.25) is 0 Å². The molecule has 0 saturated heterocycles. The summed E-state index contributed by atoms with van der Waals surface area (Å²) in [6, 6.07) is 11.3. The maximum absolute atomic E-state index is 5.54. The fourth-order valence-electron chi connectivity index (χ4n) is 2.28. The van der Waals surface area contributed by atoms with Gasteiger partial charge in [-0.1, -0.05) is 6.07 Å². The number of halogens is 1. The summed E-state index contributed by atoms with van der Waals surface area (Å²) in [5.41, 5.74) is 1.68. The standard InChI is InChI=1S/C19H26N4O3.HI/c1-5-20-19(21-13-15-8-7-9-18(22-15)25-4)23-14-10-11-16(26-6-2)17(12-14)24-3;/h7-12H,5-6,13H2,1-4H3,(H2,20,21,23);1H. The highest BCUT2D eigenvalue weighted by molar-refractivity contribution is 14.0. The Morgan fingerprint density at radius 1 is 1.07 bits per heavy atom. The van der Waals surface area contributed by atoms with Gasteiger partial charge in [0.15, 0.2) is 17.5 Å². The molecule has 1 aromatic heterocycles. The summed E-state index contributed by atoms with van der Waals surface area (Å²) in [5, 5.41) is 6.48.